The highest BCUT2D eigenvalue weighted by atomic mass is 19.4. The third-order valence-electron chi connectivity index (χ3n) is 5.68. The average molecular weight is 504 g/mol. The van der Waals surface area contributed by atoms with Gasteiger partial charge in [0.2, 0.25) is 11.8 Å². The van der Waals surface area contributed by atoms with Gasteiger partial charge in [0.05, 0.1) is 24.5 Å². The van der Waals surface area contributed by atoms with Crippen LogP contribution in [0.2, 0.25) is 0 Å². The van der Waals surface area contributed by atoms with Crippen LogP contribution in [0.3, 0.4) is 0 Å². The fourth-order valence-electron chi connectivity index (χ4n) is 3.64. The molecule has 1 fully saturated rings. The molecule has 0 aliphatic carbocycles. The van der Waals surface area contributed by atoms with Crippen molar-refractivity contribution in [3.63, 3.8) is 0 Å². The lowest BCUT2D eigenvalue weighted by atomic mass is 9.87. The molecule has 12 heteroatoms. The number of rotatable bonds is 7. The van der Waals surface area contributed by atoms with Crippen molar-refractivity contribution in [2.45, 2.75) is 18.3 Å². The number of ether oxygens (including phenoxy) is 2. The van der Waals surface area contributed by atoms with Gasteiger partial charge >= 0.3 is 12.3 Å². The van der Waals surface area contributed by atoms with Crippen molar-refractivity contribution < 1.29 is 37.3 Å². The van der Waals surface area contributed by atoms with Gasteiger partial charge in [-0.05, 0) is 35.9 Å². The summed E-state index contributed by atoms with van der Waals surface area (Å²) in [6.07, 6.45) is -5.66. The van der Waals surface area contributed by atoms with Gasteiger partial charge in [-0.2, -0.15) is 18.3 Å². The lowest BCUT2D eigenvalue weighted by Crippen LogP contribution is -2.59. The van der Waals surface area contributed by atoms with Gasteiger partial charge in [-0.25, -0.2) is 9.48 Å². The summed E-state index contributed by atoms with van der Waals surface area (Å²) in [5, 5.41) is 16.2. The van der Waals surface area contributed by atoms with Crippen LogP contribution in [0.25, 0.3) is 11.3 Å². The largest absolute Gasteiger partial charge is 0.465 e. The average Bonchev–Trinajstić information content (AvgIpc) is 3.18. The number of halogens is 3. The molecule has 0 radical (unpaired) electrons. The standard InChI is InChI=1S/C24H23F3N4O5/c1-30(2)20(32)12-31-21(36-18-8-6-16(7-9-18)24(25,26)27)11-19(29-31)15-4-3-5-17(10-15)23(13-35-14-23)28-22(33)34/h3-11,28H,12-14H2,1-2H3,(H,33,34). The summed E-state index contributed by atoms with van der Waals surface area (Å²) in [7, 11) is 3.17. The number of carbonyl (C=O) groups excluding carboxylic acids is 1. The number of nitrogens with zero attached hydrogens (tertiary/aromatic N) is 3. The quantitative estimate of drug-likeness (QED) is 0.505. The molecule has 2 N–H and O–H groups in total. The second-order valence-corrected chi connectivity index (χ2v) is 8.52. The molecule has 2 amide bonds. The Morgan fingerprint density at radius 3 is 2.42 bits per heavy atom. The Morgan fingerprint density at radius 1 is 1.17 bits per heavy atom. The van der Waals surface area contributed by atoms with Gasteiger partial charge in [0.25, 0.3) is 0 Å². The Labute approximate surface area is 204 Å². The van der Waals surface area contributed by atoms with Gasteiger partial charge in [0.15, 0.2) is 0 Å². The van der Waals surface area contributed by atoms with Gasteiger partial charge in [0, 0.05) is 25.7 Å². The zero-order valence-corrected chi connectivity index (χ0v) is 19.4. The van der Waals surface area contributed by atoms with E-state index in [1.165, 1.54) is 21.7 Å². The number of amides is 2. The van der Waals surface area contributed by atoms with Crippen molar-refractivity contribution >= 4 is 12.0 Å². The minimum atomic E-state index is -4.48. The summed E-state index contributed by atoms with van der Waals surface area (Å²) < 4.78 is 51.0. The first-order valence-electron chi connectivity index (χ1n) is 10.8. The van der Waals surface area contributed by atoms with Crippen molar-refractivity contribution in [2.75, 3.05) is 27.3 Å². The third-order valence-corrected chi connectivity index (χ3v) is 5.68. The summed E-state index contributed by atoms with van der Waals surface area (Å²) in [6.45, 7) is 0.189. The SMILES string of the molecule is CN(C)C(=O)Cn1nc(-c2cccc(C3(NC(=O)O)COC3)c2)cc1Oc1ccc(C(F)(F)F)cc1. The summed E-state index contributed by atoms with van der Waals surface area (Å²) in [6, 6.07) is 12.8. The monoisotopic (exact) mass is 504 g/mol. The predicted octanol–water partition coefficient (Wildman–Crippen LogP) is 3.94. The van der Waals surface area contributed by atoms with Gasteiger partial charge in [-0.3, -0.25) is 4.79 Å². The maximum Gasteiger partial charge on any atom is 0.416 e. The number of carboxylic acid groups (broad SMARTS) is 1. The lowest BCUT2D eigenvalue weighted by molar-refractivity contribution is -0.137. The van der Waals surface area contributed by atoms with Crippen LogP contribution < -0.4 is 10.1 Å². The molecule has 1 aliphatic rings. The molecule has 0 saturated carbocycles. The molecule has 1 saturated heterocycles. The van der Waals surface area contributed by atoms with E-state index in [4.69, 9.17) is 9.47 Å². The Kier molecular flexibility index (Phi) is 6.63. The van der Waals surface area contributed by atoms with Crippen molar-refractivity contribution in [3.8, 4) is 22.9 Å². The number of carbonyl (C=O) groups is 2. The van der Waals surface area contributed by atoms with E-state index in [-0.39, 0.29) is 37.3 Å². The van der Waals surface area contributed by atoms with E-state index in [1.54, 1.807) is 44.4 Å². The predicted molar refractivity (Wildman–Crippen MR) is 122 cm³/mol. The molecule has 1 aliphatic heterocycles. The Morgan fingerprint density at radius 2 is 1.86 bits per heavy atom. The van der Waals surface area contributed by atoms with Crippen LogP contribution in [-0.4, -0.2) is 59.1 Å². The highest BCUT2D eigenvalue weighted by molar-refractivity contribution is 5.75. The minimum absolute atomic E-state index is 0.137. The number of hydrogen-bond acceptors (Lipinski definition) is 5. The molecule has 9 nitrogen and oxygen atoms in total. The van der Waals surface area contributed by atoms with E-state index in [0.717, 1.165) is 12.1 Å². The third kappa shape index (κ3) is 5.28. The van der Waals surface area contributed by atoms with Crippen LogP contribution in [0.15, 0.2) is 54.6 Å². The summed E-state index contributed by atoms with van der Waals surface area (Å²) in [5.41, 5.74) is 0.0332. The Hall–Kier alpha value is -4.06. The molecular weight excluding hydrogens is 481 g/mol. The first kappa shape index (κ1) is 25.0. The van der Waals surface area contributed by atoms with Gasteiger partial charge in [0.1, 0.15) is 17.8 Å². The summed E-state index contributed by atoms with van der Waals surface area (Å²) in [4.78, 5) is 25.0. The van der Waals surface area contributed by atoms with Gasteiger partial charge < -0.3 is 24.8 Å². The molecule has 0 unspecified atom stereocenters. The molecule has 3 aromatic rings. The lowest BCUT2D eigenvalue weighted by Gasteiger charge is -2.41. The van der Waals surface area contributed by atoms with E-state index in [1.807, 2.05) is 0 Å². The maximum atomic E-state index is 12.9. The van der Waals surface area contributed by atoms with Crippen molar-refractivity contribution in [3.05, 3.63) is 65.7 Å². The first-order valence-corrected chi connectivity index (χ1v) is 10.8. The number of likely N-dealkylation sites (N-methyl/N-ethyl adjacent to an activating group) is 1. The molecule has 0 bridgehead atoms. The van der Waals surface area contributed by atoms with Crippen LogP contribution in [0.4, 0.5) is 18.0 Å². The molecule has 0 atom stereocenters. The topological polar surface area (TPSA) is 106 Å². The number of benzene rings is 2. The molecule has 36 heavy (non-hydrogen) atoms. The fraction of sp³-hybridized carbons (Fsp3) is 0.292. The minimum Gasteiger partial charge on any atom is -0.465 e. The van der Waals surface area contributed by atoms with E-state index in [0.29, 0.717) is 16.8 Å². The Balaban J connectivity index is 1.67. The van der Waals surface area contributed by atoms with Crippen molar-refractivity contribution in [1.82, 2.24) is 20.0 Å². The normalized spacial score (nSPS) is 14.6. The molecular formula is C24H23F3N4O5. The number of alkyl halides is 3. The highest BCUT2D eigenvalue weighted by Crippen LogP contribution is 2.35. The molecule has 190 valence electrons. The molecule has 2 heterocycles. The zero-order valence-electron chi connectivity index (χ0n) is 19.4. The van der Waals surface area contributed by atoms with Gasteiger partial charge in [-0.1, -0.05) is 18.2 Å². The second-order valence-electron chi connectivity index (χ2n) is 8.52. The maximum absolute atomic E-state index is 12.9. The Bertz CT molecular complexity index is 1270. The van der Waals surface area contributed by atoms with E-state index in [9.17, 15) is 27.9 Å². The molecule has 4 rings (SSSR count). The van der Waals surface area contributed by atoms with E-state index in [2.05, 4.69) is 10.4 Å². The van der Waals surface area contributed by atoms with Crippen LogP contribution >= 0.6 is 0 Å². The summed E-state index contributed by atoms with van der Waals surface area (Å²) in [5.74, 6) is 0.0144. The van der Waals surface area contributed by atoms with E-state index >= 15 is 0 Å². The zero-order chi connectivity index (χ0) is 26.1. The molecule has 0 spiro atoms. The number of hydrogen-bond donors (Lipinski definition) is 2. The highest BCUT2D eigenvalue weighted by Gasteiger charge is 2.42. The van der Waals surface area contributed by atoms with Crippen molar-refractivity contribution in [1.29, 1.82) is 0 Å². The van der Waals surface area contributed by atoms with Crippen molar-refractivity contribution in [2.24, 2.45) is 0 Å². The summed E-state index contributed by atoms with van der Waals surface area (Å²) >= 11 is 0. The van der Waals surface area contributed by atoms with E-state index < -0.39 is 23.4 Å². The smallest absolute Gasteiger partial charge is 0.416 e. The molecule has 2 aromatic carbocycles. The van der Waals surface area contributed by atoms with Crippen LogP contribution in [0.5, 0.6) is 11.6 Å². The fourth-order valence-corrected chi connectivity index (χ4v) is 3.64. The molecule has 1 aromatic heterocycles. The van der Waals surface area contributed by atoms with Crippen LogP contribution in [0.1, 0.15) is 11.1 Å². The first-order chi connectivity index (χ1) is 17.0. The van der Waals surface area contributed by atoms with Gasteiger partial charge in [-0.15, -0.1) is 0 Å². The van der Waals surface area contributed by atoms with Crippen LogP contribution in [0, 0.1) is 0 Å². The van der Waals surface area contributed by atoms with Crippen LogP contribution in [-0.2, 0) is 27.8 Å². The number of nitrogens with one attached hydrogen (secondary N) is 1. The number of aromatic nitrogens is 2. The second kappa shape index (κ2) is 9.53.